The molecule has 42 heavy (non-hydrogen) atoms. The summed E-state index contributed by atoms with van der Waals surface area (Å²) < 4.78 is 103. The van der Waals surface area contributed by atoms with Crippen LogP contribution in [0.15, 0.2) is 108 Å². The van der Waals surface area contributed by atoms with Crippen molar-refractivity contribution in [3.63, 3.8) is 0 Å². The molecule has 0 radical (unpaired) electrons. The summed E-state index contributed by atoms with van der Waals surface area (Å²) in [7, 11) is -16.1. The Morgan fingerprint density at radius 3 is 1.52 bits per heavy atom. The van der Waals surface area contributed by atoms with Gasteiger partial charge < -0.3 is 14.2 Å². The first kappa shape index (κ1) is 38.9. The number of nitrogens with zero attached hydrogens (tertiary/aromatic N) is 4. The Morgan fingerprint density at radius 1 is 0.595 bits per heavy atom. The Morgan fingerprint density at radius 2 is 1.07 bits per heavy atom. The van der Waals surface area contributed by atoms with Crippen LogP contribution in [-0.4, -0.2) is 38.9 Å². The molecule has 0 aliphatic rings. The van der Waals surface area contributed by atoms with Gasteiger partial charge in [0, 0.05) is 5.39 Å². The summed E-state index contributed by atoms with van der Waals surface area (Å²) in [6.07, 6.45) is 0. The molecule has 0 saturated heterocycles. The molecule has 0 amide bonds. The number of hydrogen-bond donors (Lipinski definition) is 1. The third kappa shape index (κ3) is 9.43. The van der Waals surface area contributed by atoms with Crippen LogP contribution in [-0.2, 0) is 30.4 Å². The van der Waals surface area contributed by atoms with Crippen LogP contribution < -0.4 is 93.8 Å². The van der Waals surface area contributed by atoms with E-state index in [0.717, 1.165) is 0 Å². The molecule has 0 heterocycles. The molecule has 202 valence electrons. The van der Waals surface area contributed by atoms with Crippen molar-refractivity contribution in [1.82, 2.24) is 0 Å². The van der Waals surface area contributed by atoms with E-state index in [1.807, 2.05) is 0 Å². The van der Waals surface area contributed by atoms with Crippen LogP contribution in [0.25, 0.3) is 10.8 Å². The van der Waals surface area contributed by atoms with Crippen LogP contribution in [0.5, 0.6) is 5.75 Å². The zero-order valence-corrected chi connectivity index (χ0v) is 30.5. The molecule has 4 rings (SSSR count). The first-order valence-corrected chi connectivity index (χ1v) is 14.6. The van der Waals surface area contributed by atoms with Crippen molar-refractivity contribution in [2.75, 3.05) is 0 Å². The maximum absolute atomic E-state index is 12.9. The predicted octanol–water partition coefficient (Wildman–Crippen LogP) is -5.19. The summed E-state index contributed by atoms with van der Waals surface area (Å²) in [6, 6.07) is 15.6. The summed E-state index contributed by atoms with van der Waals surface area (Å²) in [5.41, 5.74) is 0.0279. The van der Waals surface area contributed by atoms with Gasteiger partial charge in [-0.25, -0.2) is 16.8 Å². The van der Waals surface area contributed by atoms with Crippen molar-refractivity contribution in [1.29, 1.82) is 0 Å². The average molecular weight is 659 g/mol. The van der Waals surface area contributed by atoms with Crippen LogP contribution in [0.4, 0.5) is 22.7 Å². The Balaban J connectivity index is 0.00000294. The molecule has 0 spiro atoms. The molecule has 14 nitrogen and oxygen atoms in total. The second-order valence-electron chi connectivity index (χ2n) is 7.71. The molecular weight excluding hydrogens is 645 g/mol. The predicted molar refractivity (Wildman–Crippen MR) is 130 cm³/mol. The van der Waals surface area contributed by atoms with E-state index < -0.39 is 67.3 Å². The summed E-state index contributed by atoms with van der Waals surface area (Å²) in [5.74, 6) is -1.54. The average Bonchev–Trinajstić information content (AvgIpc) is 2.85. The minimum atomic E-state index is -5.55. The van der Waals surface area contributed by atoms with Gasteiger partial charge in [-0.3, -0.25) is 4.55 Å². The monoisotopic (exact) mass is 658 g/mol. The van der Waals surface area contributed by atoms with Gasteiger partial charge in [-0.05, 0) is 60.0 Å². The minimum Gasteiger partial charge on any atom is -0.870 e. The van der Waals surface area contributed by atoms with E-state index in [1.54, 1.807) is 30.3 Å². The number of hydrogen-bond acceptors (Lipinski definition) is 13. The molecule has 20 heteroatoms. The van der Waals surface area contributed by atoms with Crippen molar-refractivity contribution in [3.05, 3.63) is 72.8 Å². The van der Waals surface area contributed by atoms with Gasteiger partial charge in [-0.2, -0.15) is 28.9 Å². The number of benzene rings is 4. The summed E-state index contributed by atoms with van der Waals surface area (Å²) in [4.78, 5) is -3.86. The van der Waals surface area contributed by atoms with E-state index in [-0.39, 0.29) is 100 Å². The second kappa shape index (κ2) is 15.2. The van der Waals surface area contributed by atoms with Crippen molar-refractivity contribution in [3.8, 4) is 5.75 Å². The fraction of sp³-hybridized carbons (Fsp3) is 0. The molecule has 0 aromatic heterocycles. The molecular formula is C22H13N4Na3O10S3. The van der Waals surface area contributed by atoms with Gasteiger partial charge in [0.15, 0.2) is 0 Å². The minimum absolute atomic E-state index is 0. The van der Waals surface area contributed by atoms with Crippen LogP contribution in [0.1, 0.15) is 0 Å². The molecule has 0 unspecified atom stereocenters. The van der Waals surface area contributed by atoms with Gasteiger partial charge in [0.05, 0.1) is 37.4 Å². The van der Waals surface area contributed by atoms with E-state index in [9.17, 15) is 44.0 Å². The second-order valence-corrected chi connectivity index (χ2v) is 11.8. The topological polar surface area (TPSA) is 241 Å². The Labute approximate surface area is 306 Å². The maximum atomic E-state index is 12.9. The largest absolute Gasteiger partial charge is 1.00 e. The fourth-order valence-electron chi connectivity index (χ4n) is 3.35. The summed E-state index contributed by atoms with van der Waals surface area (Å²) in [6.45, 7) is 0. The molecule has 1 N–H and O–H groups in total. The zero-order chi connectivity index (χ0) is 28.6. The van der Waals surface area contributed by atoms with Crippen molar-refractivity contribution in [2.24, 2.45) is 20.5 Å². The van der Waals surface area contributed by atoms with Crippen LogP contribution in [0, 0.1) is 0 Å². The Kier molecular flexibility index (Phi) is 14.1. The normalized spacial score (nSPS) is 12.1. The number of fused-ring (bicyclic) bond motifs is 1. The zero-order valence-electron chi connectivity index (χ0n) is 22.1. The Hall–Kier alpha value is -1.13. The molecule has 0 aliphatic heterocycles. The maximum Gasteiger partial charge on any atom is 1.00 e. The smallest absolute Gasteiger partial charge is 0.870 e. The molecule has 0 fully saturated rings. The molecule has 4 aromatic carbocycles. The quantitative estimate of drug-likeness (QED) is 0.112. The first-order chi connectivity index (χ1) is 18.1. The van der Waals surface area contributed by atoms with Crippen LogP contribution >= 0.6 is 0 Å². The SMILES string of the molecule is O=S(=O)([O-])c1cc(S(=O)(=O)[O-])c2c(N=Nc3ccc(N=Nc4ccccc4)cc3)c([O-])c(S(=O)(=O)O)cc2c1.[Na+].[Na+].[Na+]. The van der Waals surface area contributed by atoms with E-state index in [2.05, 4.69) is 20.5 Å². The molecule has 0 saturated carbocycles. The number of azo groups is 2. The molecule has 0 atom stereocenters. The van der Waals surface area contributed by atoms with Gasteiger partial charge >= 0.3 is 88.7 Å². The molecule has 4 aromatic rings. The van der Waals surface area contributed by atoms with E-state index in [4.69, 9.17) is 0 Å². The summed E-state index contributed by atoms with van der Waals surface area (Å²) >= 11 is 0. The van der Waals surface area contributed by atoms with E-state index in [0.29, 0.717) is 23.5 Å². The van der Waals surface area contributed by atoms with Gasteiger partial charge in [0.25, 0.3) is 10.1 Å². The van der Waals surface area contributed by atoms with E-state index >= 15 is 0 Å². The standard InChI is InChI=1S/C22H16N4O10S3.3Na/c27-22-19(39(34,35)36)11-13-10-17(37(28,29)30)12-18(38(31,32)33)20(13)21(22)26-25-16-8-6-15(7-9-16)24-23-14-4-2-1-3-5-14;;;/h1-12,27H,(H,28,29,30)(H,31,32,33)(H,34,35,36);;;/q;3*+1/p-3. The number of rotatable bonds is 7. The van der Waals surface area contributed by atoms with Gasteiger partial charge in [-0.1, -0.05) is 23.9 Å². The van der Waals surface area contributed by atoms with Crippen LogP contribution in [0.3, 0.4) is 0 Å². The van der Waals surface area contributed by atoms with Crippen molar-refractivity contribution >= 4 is 63.9 Å². The third-order valence-corrected chi connectivity index (χ3v) is 7.59. The summed E-state index contributed by atoms with van der Waals surface area (Å²) in [5, 5.41) is 26.9. The van der Waals surface area contributed by atoms with E-state index in [1.165, 1.54) is 24.3 Å². The molecule has 0 aliphatic carbocycles. The van der Waals surface area contributed by atoms with Crippen molar-refractivity contribution < 1.29 is 133 Å². The van der Waals surface area contributed by atoms with Gasteiger partial charge in [0.1, 0.15) is 20.2 Å². The molecule has 0 bridgehead atoms. The Bertz CT molecular complexity index is 1990. The third-order valence-electron chi connectivity index (χ3n) is 5.06. The van der Waals surface area contributed by atoms with Gasteiger partial charge in [0.2, 0.25) is 0 Å². The fourth-order valence-corrected chi connectivity index (χ4v) is 5.30. The van der Waals surface area contributed by atoms with Crippen LogP contribution in [0.2, 0.25) is 0 Å². The van der Waals surface area contributed by atoms with Gasteiger partial charge in [-0.15, -0.1) is 0 Å². The van der Waals surface area contributed by atoms with Crippen molar-refractivity contribution in [2.45, 2.75) is 14.7 Å². The first-order valence-electron chi connectivity index (χ1n) is 10.3.